The summed E-state index contributed by atoms with van der Waals surface area (Å²) in [6.07, 6.45) is 0. The van der Waals surface area contributed by atoms with Crippen molar-refractivity contribution in [2.24, 2.45) is 11.8 Å². The van der Waals surface area contributed by atoms with Gasteiger partial charge in [-0.05, 0) is 37.2 Å². The largest absolute Gasteiger partial charge is 0.494 e. The Bertz CT molecular complexity index is 429. The molecule has 1 saturated heterocycles. The highest BCUT2D eigenvalue weighted by molar-refractivity contribution is 5.98. The Kier molecular flexibility index (Phi) is 3.43. The number of carbonyl (C=O) groups is 1. The van der Waals surface area contributed by atoms with E-state index in [9.17, 15) is 9.18 Å². The van der Waals surface area contributed by atoms with Gasteiger partial charge in [-0.15, -0.1) is 0 Å². The smallest absolute Gasteiger partial charge is 0.166 e. The number of hydrogen-bond donors (Lipinski definition) is 1. The standard InChI is InChI=1S/C13H16FNO2/c1-8(10-6-15-7-10)13(16)9-3-4-12(17-2)11(14)5-9/h3-5,8,10,15H,6-7H2,1-2H3. The van der Waals surface area contributed by atoms with Crippen LogP contribution < -0.4 is 10.1 Å². The van der Waals surface area contributed by atoms with Gasteiger partial charge in [-0.25, -0.2) is 4.39 Å². The zero-order chi connectivity index (χ0) is 12.4. The lowest BCUT2D eigenvalue weighted by Gasteiger charge is -2.31. The van der Waals surface area contributed by atoms with Crippen LogP contribution in [-0.2, 0) is 0 Å². The van der Waals surface area contributed by atoms with Crippen molar-refractivity contribution in [2.45, 2.75) is 6.92 Å². The fourth-order valence-electron chi connectivity index (χ4n) is 1.96. The van der Waals surface area contributed by atoms with Crippen molar-refractivity contribution in [3.8, 4) is 5.75 Å². The molecule has 1 fully saturated rings. The Labute approximate surface area is 100.0 Å². The predicted molar refractivity (Wildman–Crippen MR) is 62.8 cm³/mol. The molecule has 0 amide bonds. The van der Waals surface area contributed by atoms with E-state index in [2.05, 4.69) is 5.32 Å². The summed E-state index contributed by atoms with van der Waals surface area (Å²) in [5.74, 6) is -0.0217. The number of halogens is 1. The average molecular weight is 237 g/mol. The van der Waals surface area contributed by atoms with Gasteiger partial charge in [0.2, 0.25) is 0 Å². The van der Waals surface area contributed by atoms with E-state index in [1.54, 1.807) is 6.07 Å². The number of ether oxygens (including phenoxy) is 1. The first-order chi connectivity index (χ1) is 8.13. The zero-order valence-corrected chi connectivity index (χ0v) is 10.00. The Morgan fingerprint density at radius 1 is 1.53 bits per heavy atom. The maximum Gasteiger partial charge on any atom is 0.166 e. The zero-order valence-electron chi connectivity index (χ0n) is 10.00. The molecule has 17 heavy (non-hydrogen) atoms. The van der Waals surface area contributed by atoms with Crippen molar-refractivity contribution in [2.75, 3.05) is 20.2 Å². The number of ketones is 1. The van der Waals surface area contributed by atoms with Crippen molar-refractivity contribution < 1.29 is 13.9 Å². The minimum Gasteiger partial charge on any atom is -0.494 e. The van der Waals surface area contributed by atoms with Gasteiger partial charge in [-0.3, -0.25) is 4.79 Å². The van der Waals surface area contributed by atoms with Gasteiger partial charge in [0.1, 0.15) is 0 Å². The molecule has 0 spiro atoms. The number of carbonyl (C=O) groups excluding carboxylic acids is 1. The van der Waals surface area contributed by atoms with Crippen molar-refractivity contribution in [3.63, 3.8) is 0 Å². The van der Waals surface area contributed by atoms with Crippen LogP contribution in [0.5, 0.6) is 5.75 Å². The summed E-state index contributed by atoms with van der Waals surface area (Å²) in [6, 6.07) is 4.37. The molecule has 1 aromatic rings. The lowest BCUT2D eigenvalue weighted by Crippen LogP contribution is -2.47. The predicted octanol–water partition coefficient (Wildman–Crippen LogP) is 1.87. The first kappa shape index (κ1) is 12.0. The maximum absolute atomic E-state index is 13.5. The number of benzene rings is 1. The number of Topliss-reactive ketones (excluding diaryl/α,β-unsaturated/α-hetero) is 1. The van der Waals surface area contributed by atoms with Crippen LogP contribution in [0.3, 0.4) is 0 Å². The van der Waals surface area contributed by atoms with E-state index in [1.807, 2.05) is 6.92 Å². The van der Waals surface area contributed by atoms with Gasteiger partial charge in [-0.2, -0.15) is 0 Å². The van der Waals surface area contributed by atoms with Gasteiger partial charge in [0, 0.05) is 11.5 Å². The summed E-state index contributed by atoms with van der Waals surface area (Å²) in [5.41, 5.74) is 0.419. The molecule has 0 radical (unpaired) electrons. The molecule has 1 aliphatic heterocycles. The molecule has 3 nitrogen and oxygen atoms in total. The van der Waals surface area contributed by atoms with E-state index in [0.717, 1.165) is 13.1 Å². The third-order valence-electron chi connectivity index (χ3n) is 3.37. The highest BCUT2D eigenvalue weighted by Gasteiger charge is 2.29. The second kappa shape index (κ2) is 4.84. The molecule has 2 rings (SSSR count). The van der Waals surface area contributed by atoms with Crippen molar-refractivity contribution in [3.05, 3.63) is 29.6 Å². The average Bonchev–Trinajstić information content (AvgIpc) is 2.25. The number of rotatable bonds is 4. The molecule has 1 heterocycles. The molecule has 4 heteroatoms. The molecule has 1 atom stereocenters. The van der Waals surface area contributed by atoms with Crippen LogP contribution >= 0.6 is 0 Å². The fourth-order valence-corrected chi connectivity index (χ4v) is 1.96. The molecule has 92 valence electrons. The number of nitrogens with one attached hydrogen (secondary N) is 1. The van der Waals surface area contributed by atoms with Crippen LogP contribution in [0.4, 0.5) is 4.39 Å². The van der Waals surface area contributed by atoms with E-state index in [1.165, 1.54) is 19.2 Å². The lowest BCUT2D eigenvalue weighted by atomic mass is 9.83. The van der Waals surface area contributed by atoms with E-state index < -0.39 is 5.82 Å². The van der Waals surface area contributed by atoms with Crippen molar-refractivity contribution in [1.82, 2.24) is 5.32 Å². The summed E-state index contributed by atoms with van der Waals surface area (Å²) in [6.45, 7) is 3.63. The topological polar surface area (TPSA) is 38.3 Å². The molecule has 0 aromatic heterocycles. The summed E-state index contributed by atoms with van der Waals surface area (Å²) < 4.78 is 18.3. The highest BCUT2D eigenvalue weighted by atomic mass is 19.1. The minimum atomic E-state index is -0.489. The Morgan fingerprint density at radius 2 is 2.24 bits per heavy atom. The van der Waals surface area contributed by atoms with Gasteiger partial charge in [0.15, 0.2) is 17.3 Å². The van der Waals surface area contributed by atoms with Crippen LogP contribution in [-0.4, -0.2) is 26.0 Å². The maximum atomic E-state index is 13.5. The third kappa shape index (κ3) is 2.31. The monoisotopic (exact) mass is 237 g/mol. The third-order valence-corrected chi connectivity index (χ3v) is 3.37. The first-order valence-electron chi connectivity index (χ1n) is 5.72. The Balaban J connectivity index is 2.15. The van der Waals surface area contributed by atoms with E-state index in [0.29, 0.717) is 11.5 Å². The SMILES string of the molecule is COc1ccc(C(=O)C(C)C2CNC2)cc1F. The molecule has 1 unspecified atom stereocenters. The molecule has 1 N–H and O–H groups in total. The molecule has 1 aromatic carbocycles. The van der Waals surface area contributed by atoms with Crippen LogP contribution in [0.1, 0.15) is 17.3 Å². The molecule has 0 saturated carbocycles. The van der Waals surface area contributed by atoms with Gasteiger partial charge < -0.3 is 10.1 Å². The van der Waals surface area contributed by atoms with Crippen LogP contribution in [0, 0.1) is 17.7 Å². The van der Waals surface area contributed by atoms with E-state index >= 15 is 0 Å². The van der Waals surface area contributed by atoms with E-state index in [-0.39, 0.29) is 17.5 Å². The van der Waals surface area contributed by atoms with Gasteiger partial charge in [0.05, 0.1) is 7.11 Å². The first-order valence-corrected chi connectivity index (χ1v) is 5.72. The Hall–Kier alpha value is -1.42. The van der Waals surface area contributed by atoms with Crippen LogP contribution in [0.15, 0.2) is 18.2 Å². The second-order valence-corrected chi connectivity index (χ2v) is 4.42. The summed E-state index contributed by atoms with van der Waals surface area (Å²) in [7, 11) is 1.41. The molecular weight excluding hydrogens is 221 g/mol. The molecule has 0 aliphatic carbocycles. The lowest BCUT2D eigenvalue weighted by molar-refractivity contribution is 0.0853. The quantitative estimate of drug-likeness (QED) is 0.812. The second-order valence-electron chi connectivity index (χ2n) is 4.42. The normalized spacial score (nSPS) is 17.4. The fraction of sp³-hybridized carbons (Fsp3) is 0.462. The van der Waals surface area contributed by atoms with Gasteiger partial charge >= 0.3 is 0 Å². The number of hydrogen-bond acceptors (Lipinski definition) is 3. The highest BCUT2D eigenvalue weighted by Crippen LogP contribution is 2.23. The summed E-state index contributed by atoms with van der Waals surface area (Å²) in [5, 5.41) is 3.13. The minimum absolute atomic E-state index is 0.00180. The Morgan fingerprint density at radius 3 is 2.71 bits per heavy atom. The van der Waals surface area contributed by atoms with Gasteiger partial charge in [-0.1, -0.05) is 6.92 Å². The van der Waals surface area contributed by atoms with Crippen molar-refractivity contribution in [1.29, 1.82) is 0 Å². The summed E-state index contributed by atoms with van der Waals surface area (Å²) in [4.78, 5) is 12.1. The van der Waals surface area contributed by atoms with Crippen LogP contribution in [0.2, 0.25) is 0 Å². The molecular formula is C13H16FNO2. The molecule has 0 bridgehead atoms. The van der Waals surface area contributed by atoms with Gasteiger partial charge in [0.25, 0.3) is 0 Å². The van der Waals surface area contributed by atoms with Crippen molar-refractivity contribution >= 4 is 5.78 Å². The molecule has 1 aliphatic rings. The van der Waals surface area contributed by atoms with Crippen LogP contribution in [0.25, 0.3) is 0 Å². The number of methoxy groups -OCH3 is 1. The summed E-state index contributed by atoms with van der Waals surface area (Å²) >= 11 is 0. The van der Waals surface area contributed by atoms with E-state index in [4.69, 9.17) is 4.74 Å².